The number of hydrogen-bond acceptors (Lipinski definition) is 4. The van der Waals surface area contributed by atoms with Crippen LogP contribution in [-0.2, 0) is 9.59 Å². The number of anilines is 1. The van der Waals surface area contributed by atoms with Crippen molar-refractivity contribution in [2.75, 3.05) is 24.7 Å². The van der Waals surface area contributed by atoms with Crippen molar-refractivity contribution in [2.45, 2.75) is 19.4 Å². The summed E-state index contributed by atoms with van der Waals surface area (Å²) in [5.41, 5.74) is 0.685. The van der Waals surface area contributed by atoms with Gasteiger partial charge in [-0.25, -0.2) is 8.78 Å². The summed E-state index contributed by atoms with van der Waals surface area (Å²) in [4.78, 5) is 26.6. The Labute approximate surface area is 166 Å². The molecule has 152 valence electrons. The first-order valence-corrected chi connectivity index (χ1v) is 9.37. The standard InChI is InChI=1S/C21H20F2N2O4/c1-12(16-9-14(22)2-4-17(16)23)24-21(27)13-8-20(26)25(11-13)15-3-5-18-19(10-15)29-7-6-28-18/h2-5,9-10,12-13H,6-8,11H2,1H3,(H,24,27). The largest absolute Gasteiger partial charge is 0.486 e. The number of ether oxygens (including phenoxy) is 2. The number of nitrogens with one attached hydrogen (secondary N) is 1. The number of fused-ring (bicyclic) bond motifs is 1. The quantitative estimate of drug-likeness (QED) is 0.854. The van der Waals surface area contributed by atoms with Crippen molar-refractivity contribution in [3.05, 3.63) is 53.6 Å². The third-order valence-corrected chi connectivity index (χ3v) is 5.12. The molecule has 0 saturated carbocycles. The molecule has 0 aromatic heterocycles. The second-order valence-corrected chi connectivity index (χ2v) is 7.13. The summed E-state index contributed by atoms with van der Waals surface area (Å²) in [6.07, 6.45) is 0.0403. The highest BCUT2D eigenvalue weighted by atomic mass is 19.1. The van der Waals surface area contributed by atoms with Crippen LogP contribution in [0.25, 0.3) is 0 Å². The molecule has 2 heterocycles. The Bertz CT molecular complexity index is 966. The highest BCUT2D eigenvalue weighted by molar-refractivity contribution is 6.00. The third kappa shape index (κ3) is 3.87. The Morgan fingerprint density at radius 2 is 1.90 bits per heavy atom. The molecule has 1 N–H and O–H groups in total. The van der Waals surface area contributed by atoms with Crippen molar-refractivity contribution in [2.24, 2.45) is 5.92 Å². The fourth-order valence-electron chi connectivity index (χ4n) is 3.59. The lowest BCUT2D eigenvalue weighted by Gasteiger charge is -2.22. The molecule has 8 heteroatoms. The molecule has 2 aromatic rings. The highest BCUT2D eigenvalue weighted by Gasteiger charge is 2.36. The first kappa shape index (κ1) is 19.2. The van der Waals surface area contributed by atoms with Crippen LogP contribution in [-0.4, -0.2) is 31.6 Å². The molecule has 2 aromatic carbocycles. The van der Waals surface area contributed by atoms with Gasteiger partial charge >= 0.3 is 0 Å². The van der Waals surface area contributed by atoms with Gasteiger partial charge in [0, 0.05) is 30.3 Å². The number of halogens is 2. The number of carbonyl (C=O) groups is 2. The first-order chi connectivity index (χ1) is 13.9. The summed E-state index contributed by atoms with van der Waals surface area (Å²) in [6, 6.07) is 7.58. The van der Waals surface area contributed by atoms with Gasteiger partial charge in [0.25, 0.3) is 0 Å². The van der Waals surface area contributed by atoms with Crippen LogP contribution >= 0.6 is 0 Å². The van der Waals surface area contributed by atoms with Crippen LogP contribution < -0.4 is 19.7 Å². The van der Waals surface area contributed by atoms with Crippen molar-refractivity contribution < 1.29 is 27.8 Å². The second-order valence-electron chi connectivity index (χ2n) is 7.13. The van der Waals surface area contributed by atoms with Crippen molar-refractivity contribution in [1.82, 2.24) is 5.32 Å². The zero-order chi connectivity index (χ0) is 20.5. The van der Waals surface area contributed by atoms with Gasteiger partial charge in [-0.3, -0.25) is 9.59 Å². The van der Waals surface area contributed by atoms with E-state index in [4.69, 9.17) is 9.47 Å². The lowest BCUT2D eigenvalue weighted by molar-refractivity contribution is -0.126. The van der Waals surface area contributed by atoms with Gasteiger partial charge in [-0.05, 0) is 37.3 Å². The van der Waals surface area contributed by atoms with Crippen molar-refractivity contribution in [3.63, 3.8) is 0 Å². The van der Waals surface area contributed by atoms with E-state index in [-0.39, 0.29) is 30.3 Å². The van der Waals surface area contributed by atoms with E-state index in [1.54, 1.807) is 25.1 Å². The molecule has 2 amide bonds. The Hall–Kier alpha value is -3.16. The van der Waals surface area contributed by atoms with E-state index < -0.39 is 23.6 Å². The molecule has 0 bridgehead atoms. The average molecular weight is 402 g/mol. The summed E-state index contributed by atoms with van der Waals surface area (Å²) in [5.74, 6) is -1.16. The van der Waals surface area contributed by atoms with E-state index in [1.165, 1.54) is 4.90 Å². The van der Waals surface area contributed by atoms with Crippen molar-refractivity contribution in [3.8, 4) is 11.5 Å². The molecule has 0 spiro atoms. The number of hydrogen-bond donors (Lipinski definition) is 1. The molecule has 6 nitrogen and oxygen atoms in total. The number of carbonyl (C=O) groups excluding carboxylic acids is 2. The van der Waals surface area contributed by atoms with Gasteiger partial charge in [0.15, 0.2) is 11.5 Å². The third-order valence-electron chi connectivity index (χ3n) is 5.12. The van der Waals surface area contributed by atoms with Gasteiger partial charge in [-0.1, -0.05) is 0 Å². The number of nitrogens with zero attached hydrogens (tertiary/aromatic N) is 1. The monoisotopic (exact) mass is 402 g/mol. The summed E-state index contributed by atoms with van der Waals surface area (Å²) in [5, 5.41) is 2.68. The maximum absolute atomic E-state index is 13.9. The molecule has 1 saturated heterocycles. The summed E-state index contributed by atoms with van der Waals surface area (Å²) in [7, 11) is 0. The van der Waals surface area contributed by atoms with Crippen LogP contribution in [0.2, 0.25) is 0 Å². The molecule has 0 aliphatic carbocycles. The number of benzene rings is 2. The highest BCUT2D eigenvalue weighted by Crippen LogP contribution is 2.36. The zero-order valence-corrected chi connectivity index (χ0v) is 15.8. The summed E-state index contributed by atoms with van der Waals surface area (Å²) >= 11 is 0. The van der Waals surface area contributed by atoms with Crippen LogP contribution in [0.1, 0.15) is 24.9 Å². The number of rotatable bonds is 4. The van der Waals surface area contributed by atoms with E-state index >= 15 is 0 Å². The Morgan fingerprint density at radius 3 is 2.69 bits per heavy atom. The molecular weight excluding hydrogens is 382 g/mol. The fraction of sp³-hybridized carbons (Fsp3) is 0.333. The van der Waals surface area contributed by atoms with Gasteiger partial charge in [-0.15, -0.1) is 0 Å². The Balaban J connectivity index is 1.45. The van der Waals surface area contributed by atoms with E-state index in [1.807, 2.05) is 0 Å². The van der Waals surface area contributed by atoms with Crippen LogP contribution in [0.3, 0.4) is 0 Å². The van der Waals surface area contributed by atoms with E-state index in [0.29, 0.717) is 30.4 Å². The number of amides is 2. The lowest BCUT2D eigenvalue weighted by Crippen LogP contribution is -2.35. The smallest absolute Gasteiger partial charge is 0.227 e. The summed E-state index contributed by atoms with van der Waals surface area (Å²) in [6.45, 7) is 2.68. The molecule has 2 atom stereocenters. The van der Waals surface area contributed by atoms with Crippen LogP contribution in [0.15, 0.2) is 36.4 Å². The molecule has 2 aliphatic heterocycles. The van der Waals surface area contributed by atoms with Gasteiger partial charge in [0.2, 0.25) is 11.8 Å². The minimum Gasteiger partial charge on any atom is -0.486 e. The topological polar surface area (TPSA) is 67.9 Å². The van der Waals surface area contributed by atoms with Crippen LogP contribution in [0.5, 0.6) is 11.5 Å². The predicted molar refractivity (Wildman–Crippen MR) is 101 cm³/mol. The molecular formula is C21H20F2N2O4. The molecule has 2 unspecified atom stereocenters. The van der Waals surface area contributed by atoms with E-state index in [9.17, 15) is 18.4 Å². The van der Waals surface area contributed by atoms with Crippen molar-refractivity contribution >= 4 is 17.5 Å². The molecule has 2 aliphatic rings. The SMILES string of the molecule is CC(NC(=O)C1CC(=O)N(c2ccc3c(c2)OCCO3)C1)c1cc(F)ccc1F. The first-order valence-electron chi connectivity index (χ1n) is 9.37. The lowest BCUT2D eigenvalue weighted by atomic mass is 10.0. The Kier molecular flexibility index (Phi) is 5.08. The van der Waals surface area contributed by atoms with Crippen LogP contribution in [0.4, 0.5) is 14.5 Å². The molecule has 0 radical (unpaired) electrons. The summed E-state index contributed by atoms with van der Waals surface area (Å²) < 4.78 is 38.4. The average Bonchev–Trinajstić information content (AvgIpc) is 3.11. The normalized spacial score (nSPS) is 19.2. The predicted octanol–water partition coefficient (Wildman–Crippen LogP) is 2.97. The minimum atomic E-state index is -0.725. The van der Waals surface area contributed by atoms with Gasteiger partial charge < -0.3 is 19.7 Å². The molecule has 1 fully saturated rings. The van der Waals surface area contributed by atoms with Gasteiger partial charge in [0.05, 0.1) is 12.0 Å². The van der Waals surface area contributed by atoms with Crippen molar-refractivity contribution in [1.29, 1.82) is 0 Å². The minimum absolute atomic E-state index is 0.0403. The fourth-order valence-corrected chi connectivity index (χ4v) is 3.59. The zero-order valence-electron chi connectivity index (χ0n) is 15.8. The maximum atomic E-state index is 13.9. The molecule has 4 rings (SSSR count). The maximum Gasteiger partial charge on any atom is 0.227 e. The van der Waals surface area contributed by atoms with Gasteiger partial charge in [-0.2, -0.15) is 0 Å². The second kappa shape index (κ2) is 7.69. The van der Waals surface area contributed by atoms with E-state index in [2.05, 4.69) is 5.32 Å². The van der Waals surface area contributed by atoms with Crippen LogP contribution in [0, 0.1) is 17.6 Å². The Morgan fingerprint density at radius 1 is 1.14 bits per heavy atom. The van der Waals surface area contributed by atoms with E-state index in [0.717, 1.165) is 18.2 Å². The molecule has 29 heavy (non-hydrogen) atoms. The van der Waals surface area contributed by atoms with Gasteiger partial charge in [0.1, 0.15) is 24.8 Å².